The van der Waals surface area contributed by atoms with Gasteiger partial charge < -0.3 is 4.74 Å². The fourth-order valence-corrected chi connectivity index (χ4v) is 2.06. The van der Waals surface area contributed by atoms with Crippen LogP contribution in [-0.2, 0) is 0 Å². The molecule has 2 rings (SSSR count). The quantitative estimate of drug-likeness (QED) is 0.796. The first-order valence-corrected chi connectivity index (χ1v) is 6.49. The molecule has 0 saturated heterocycles. The van der Waals surface area contributed by atoms with Crippen LogP contribution in [0.2, 0.25) is 0 Å². The lowest BCUT2D eigenvalue weighted by atomic mass is 9.98. The van der Waals surface area contributed by atoms with Crippen LogP contribution in [-0.4, -0.2) is 11.1 Å². The number of rotatable bonds is 4. The first-order chi connectivity index (χ1) is 9.37. The molecule has 0 atom stereocenters. The fraction of sp³-hybridized carbons (Fsp3) is 0.312. The van der Waals surface area contributed by atoms with Gasteiger partial charge in [0.15, 0.2) is 0 Å². The summed E-state index contributed by atoms with van der Waals surface area (Å²) >= 11 is 0. The van der Waals surface area contributed by atoms with Crippen molar-refractivity contribution in [2.24, 2.45) is 0 Å². The molecule has 0 saturated carbocycles. The monoisotopic (exact) mass is 277 g/mol. The maximum atomic E-state index is 12.9. The molecular weight excluding hydrogens is 260 g/mol. The van der Waals surface area contributed by atoms with E-state index >= 15 is 0 Å². The van der Waals surface area contributed by atoms with Crippen molar-refractivity contribution in [2.75, 3.05) is 0 Å². The number of hydrogen-bond acceptors (Lipinski definition) is 2. The number of aromatic nitrogens is 1. The first-order valence-electron chi connectivity index (χ1n) is 6.49. The number of halogens is 2. The van der Waals surface area contributed by atoms with E-state index in [0.29, 0.717) is 0 Å². The minimum Gasteiger partial charge on any atom is -0.433 e. The summed E-state index contributed by atoms with van der Waals surface area (Å²) in [6.07, 6.45) is -1.45. The molecule has 1 aromatic carbocycles. The van der Waals surface area contributed by atoms with Gasteiger partial charge in [0.2, 0.25) is 0 Å². The zero-order valence-electron chi connectivity index (χ0n) is 11.7. The van der Waals surface area contributed by atoms with Crippen LogP contribution in [0.4, 0.5) is 8.78 Å². The van der Waals surface area contributed by atoms with E-state index in [1.807, 2.05) is 32.0 Å². The third kappa shape index (κ3) is 3.53. The predicted molar refractivity (Wildman–Crippen MR) is 75.0 cm³/mol. The Labute approximate surface area is 117 Å². The van der Waals surface area contributed by atoms with Gasteiger partial charge in [0, 0.05) is 18.7 Å². The van der Waals surface area contributed by atoms with E-state index in [4.69, 9.17) is 0 Å². The van der Waals surface area contributed by atoms with Gasteiger partial charge in [-0.1, -0.05) is 32.0 Å². The minimum atomic E-state index is -3.19. The van der Waals surface area contributed by atoms with Gasteiger partial charge in [-0.2, -0.15) is 8.78 Å². The molecule has 4 heteroatoms. The lowest BCUT2D eigenvalue weighted by Crippen LogP contribution is -2.19. The Morgan fingerprint density at radius 2 is 1.90 bits per heavy atom. The van der Waals surface area contributed by atoms with Crippen LogP contribution in [0.1, 0.15) is 32.4 Å². The summed E-state index contributed by atoms with van der Waals surface area (Å²) in [5, 5.41) is 0. The molecule has 1 heterocycles. The van der Waals surface area contributed by atoms with Crippen molar-refractivity contribution in [3.8, 4) is 16.9 Å². The molecule has 0 radical (unpaired) electrons. The van der Waals surface area contributed by atoms with Crippen molar-refractivity contribution < 1.29 is 13.5 Å². The van der Waals surface area contributed by atoms with E-state index in [1.165, 1.54) is 6.07 Å². The maximum Gasteiger partial charge on any atom is 0.394 e. The highest BCUT2D eigenvalue weighted by Gasteiger charge is 2.23. The predicted octanol–water partition coefficient (Wildman–Crippen LogP) is 4.86. The Balaban J connectivity index is 2.41. The zero-order valence-corrected chi connectivity index (χ0v) is 11.7. The van der Waals surface area contributed by atoms with Crippen LogP contribution in [0.3, 0.4) is 0 Å². The smallest absolute Gasteiger partial charge is 0.394 e. The van der Waals surface area contributed by atoms with Gasteiger partial charge in [-0.15, -0.1) is 0 Å². The molecule has 0 fully saturated rings. The topological polar surface area (TPSA) is 22.1 Å². The first kappa shape index (κ1) is 14.4. The van der Waals surface area contributed by atoms with E-state index in [-0.39, 0.29) is 11.7 Å². The van der Waals surface area contributed by atoms with Crippen LogP contribution in [0.5, 0.6) is 5.75 Å². The summed E-state index contributed by atoms with van der Waals surface area (Å²) in [5.74, 6) is 0.400. The van der Waals surface area contributed by atoms with Crippen molar-refractivity contribution in [3.05, 3.63) is 48.3 Å². The fourth-order valence-electron chi connectivity index (χ4n) is 2.06. The standard InChI is InChI=1S/C16H17F2NO/c1-11(2)15-14(8-5-9-19-15)12-6-4-7-13(10-12)20-16(3,17)18/h4-11H,1-3H3. The number of nitrogens with zero attached hydrogens (tertiary/aromatic N) is 1. The summed E-state index contributed by atoms with van der Waals surface area (Å²) in [6.45, 7) is 4.82. The zero-order chi connectivity index (χ0) is 14.8. The highest BCUT2D eigenvalue weighted by Crippen LogP contribution is 2.31. The molecule has 0 unspecified atom stereocenters. The summed E-state index contributed by atoms with van der Waals surface area (Å²) in [4.78, 5) is 4.37. The van der Waals surface area contributed by atoms with Crippen LogP contribution < -0.4 is 4.74 Å². The number of hydrogen-bond donors (Lipinski definition) is 0. The number of pyridine rings is 1. The molecule has 20 heavy (non-hydrogen) atoms. The molecule has 0 bridgehead atoms. The van der Waals surface area contributed by atoms with E-state index in [2.05, 4.69) is 9.72 Å². The normalized spacial score (nSPS) is 11.7. The summed E-state index contributed by atoms with van der Waals surface area (Å²) in [5.41, 5.74) is 2.70. The molecule has 0 aliphatic rings. The van der Waals surface area contributed by atoms with E-state index in [0.717, 1.165) is 23.7 Å². The maximum absolute atomic E-state index is 12.9. The van der Waals surface area contributed by atoms with E-state index < -0.39 is 6.11 Å². The van der Waals surface area contributed by atoms with Crippen molar-refractivity contribution in [2.45, 2.75) is 32.8 Å². The SMILES string of the molecule is CC(C)c1ncccc1-c1cccc(OC(C)(F)F)c1. The van der Waals surface area contributed by atoms with E-state index in [9.17, 15) is 8.78 Å². The molecule has 2 aromatic rings. The van der Waals surface area contributed by atoms with Gasteiger partial charge in [0.1, 0.15) is 5.75 Å². The highest BCUT2D eigenvalue weighted by molar-refractivity contribution is 5.67. The third-order valence-corrected chi connectivity index (χ3v) is 2.83. The van der Waals surface area contributed by atoms with E-state index in [1.54, 1.807) is 18.3 Å². The summed E-state index contributed by atoms with van der Waals surface area (Å²) in [7, 11) is 0. The highest BCUT2D eigenvalue weighted by atomic mass is 19.3. The average molecular weight is 277 g/mol. The molecule has 1 aromatic heterocycles. The molecule has 0 N–H and O–H groups in total. The Kier molecular flexibility index (Phi) is 4.02. The van der Waals surface area contributed by atoms with Gasteiger partial charge >= 0.3 is 6.11 Å². The molecule has 2 nitrogen and oxygen atoms in total. The van der Waals surface area contributed by atoms with Crippen LogP contribution in [0.25, 0.3) is 11.1 Å². The second-order valence-corrected chi connectivity index (χ2v) is 5.03. The summed E-state index contributed by atoms with van der Waals surface area (Å²) < 4.78 is 30.4. The van der Waals surface area contributed by atoms with Crippen LogP contribution in [0.15, 0.2) is 42.6 Å². The third-order valence-electron chi connectivity index (χ3n) is 2.83. The Hall–Kier alpha value is -1.97. The Morgan fingerprint density at radius 3 is 2.55 bits per heavy atom. The largest absolute Gasteiger partial charge is 0.433 e. The van der Waals surface area contributed by atoms with Gasteiger partial charge in [-0.3, -0.25) is 4.98 Å². The lowest BCUT2D eigenvalue weighted by molar-refractivity contribution is -0.158. The van der Waals surface area contributed by atoms with Crippen molar-refractivity contribution in [1.29, 1.82) is 0 Å². The summed E-state index contributed by atoms with van der Waals surface area (Å²) in [6, 6.07) is 10.5. The molecule has 0 aliphatic heterocycles. The molecule has 0 amide bonds. The minimum absolute atomic E-state index is 0.147. The van der Waals surface area contributed by atoms with Crippen LogP contribution in [0, 0.1) is 0 Å². The average Bonchev–Trinajstić information content (AvgIpc) is 2.37. The lowest BCUT2D eigenvalue weighted by Gasteiger charge is -2.15. The van der Waals surface area contributed by atoms with Gasteiger partial charge in [0.25, 0.3) is 0 Å². The Bertz CT molecular complexity index is 591. The number of benzene rings is 1. The number of ether oxygens (including phenoxy) is 1. The van der Waals surface area contributed by atoms with Crippen molar-refractivity contribution in [1.82, 2.24) is 4.98 Å². The molecule has 0 aliphatic carbocycles. The Morgan fingerprint density at radius 1 is 1.15 bits per heavy atom. The molecular formula is C16H17F2NO. The van der Waals surface area contributed by atoms with Gasteiger partial charge in [-0.05, 0) is 29.7 Å². The van der Waals surface area contributed by atoms with Crippen molar-refractivity contribution in [3.63, 3.8) is 0 Å². The van der Waals surface area contributed by atoms with Crippen molar-refractivity contribution >= 4 is 0 Å². The molecule has 0 spiro atoms. The number of alkyl halides is 2. The second kappa shape index (κ2) is 5.57. The molecule has 106 valence electrons. The van der Waals surface area contributed by atoms with Gasteiger partial charge in [0.05, 0.1) is 5.69 Å². The second-order valence-electron chi connectivity index (χ2n) is 5.03. The van der Waals surface area contributed by atoms with Gasteiger partial charge in [-0.25, -0.2) is 0 Å². The van der Waals surface area contributed by atoms with Crippen LogP contribution >= 0.6 is 0 Å².